The molecule has 0 fully saturated rings. The monoisotopic (exact) mass is 222 g/mol. The van der Waals surface area contributed by atoms with Crippen molar-refractivity contribution in [3.05, 3.63) is 12.2 Å². The molecule has 2 heterocycles. The maximum atomic E-state index is 5.92. The highest BCUT2D eigenvalue weighted by atomic mass is 16.5. The number of H-pyrrole nitrogens is 1. The smallest absolute Gasteiger partial charge is 0.243 e. The summed E-state index contributed by atoms with van der Waals surface area (Å²) in [5.74, 6) is 1.77. The SMILES string of the molecule is CC(C)C[C@@H](N)c1nc(-c2ncn[nH]2)no1. The van der Waals surface area contributed by atoms with Crippen LogP contribution in [0.15, 0.2) is 10.9 Å². The molecule has 2 aromatic heterocycles. The molecule has 2 rings (SSSR count). The maximum Gasteiger partial charge on any atom is 0.243 e. The van der Waals surface area contributed by atoms with Crippen LogP contribution < -0.4 is 5.73 Å². The molecule has 3 N–H and O–H groups in total. The van der Waals surface area contributed by atoms with Gasteiger partial charge < -0.3 is 10.3 Å². The molecule has 0 aliphatic rings. The molecule has 0 aliphatic carbocycles. The van der Waals surface area contributed by atoms with Crippen molar-refractivity contribution in [3.63, 3.8) is 0 Å². The molecule has 0 spiro atoms. The van der Waals surface area contributed by atoms with Crippen LogP contribution in [0.25, 0.3) is 11.6 Å². The van der Waals surface area contributed by atoms with Gasteiger partial charge in [-0.15, -0.1) is 0 Å². The van der Waals surface area contributed by atoms with Gasteiger partial charge in [-0.2, -0.15) is 10.1 Å². The number of hydrogen-bond donors (Lipinski definition) is 2. The van der Waals surface area contributed by atoms with Gasteiger partial charge in [0, 0.05) is 0 Å². The van der Waals surface area contributed by atoms with Gasteiger partial charge in [-0.3, -0.25) is 5.10 Å². The number of nitrogens with zero attached hydrogens (tertiary/aromatic N) is 4. The number of hydrogen-bond acceptors (Lipinski definition) is 6. The minimum absolute atomic E-state index is 0.232. The first-order chi connectivity index (χ1) is 7.66. The second-order valence-corrected chi connectivity index (χ2v) is 4.03. The number of nitrogens with one attached hydrogen (secondary N) is 1. The van der Waals surface area contributed by atoms with E-state index in [9.17, 15) is 0 Å². The Bertz CT molecular complexity index is 435. The van der Waals surface area contributed by atoms with Crippen molar-refractivity contribution in [3.8, 4) is 11.6 Å². The van der Waals surface area contributed by atoms with E-state index in [1.165, 1.54) is 6.33 Å². The Hall–Kier alpha value is -1.76. The van der Waals surface area contributed by atoms with Crippen molar-refractivity contribution in [1.29, 1.82) is 0 Å². The van der Waals surface area contributed by atoms with E-state index in [4.69, 9.17) is 10.3 Å². The first kappa shape index (κ1) is 10.7. The summed E-state index contributed by atoms with van der Waals surface area (Å²) >= 11 is 0. The van der Waals surface area contributed by atoms with E-state index in [1.807, 2.05) is 0 Å². The van der Waals surface area contributed by atoms with Crippen LogP contribution in [0.3, 0.4) is 0 Å². The minimum atomic E-state index is -0.232. The Morgan fingerprint density at radius 3 is 2.94 bits per heavy atom. The Balaban J connectivity index is 2.13. The van der Waals surface area contributed by atoms with E-state index < -0.39 is 0 Å². The molecule has 2 aromatic rings. The molecule has 0 aliphatic heterocycles. The topological polar surface area (TPSA) is 107 Å². The third-order valence-electron chi connectivity index (χ3n) is 2.11. The average molecular weight is 222 g/mol. The second-order valence-electron chi connectivity index (χ2n) is 4.03. The predicted octanol–water partition coefficient (Wildman–Crippen LogP) is 0.901. The van der Waals surface area contributed by atoms with Gasteiger partial charge in [0.1, 0.15) is 6.33 Å². The molecule has 7 nitrogen and oxygen atoms in total. The van der Waals surface area contributed by atoms with Crippen molar-refractivity contribution >= 4 is 0 Å². The molecule has 0 amide bonds. The van der Waals surface area contributed by atoms with Gasteiger partial charge in [0.2, 0.25) is 11.7 Å². The van der Waals surface area contributed by atoms with Gasteiger partial charge in [-0.25, -0.2) is 4.98 Å². The van der Waals surface area contributed by atoms with Gasteiger partial charge in [0.05, 0.1) is 6.04 Å². The molecule has 0 saturated heterocycles. The van der Waals surface area contributed by atoms with Crippen LogP contribution in [0.4, 0.5) is 0 Å². The van der Waals surface area contributed by atoms with Gasteiger partial charge in [0.15, 0.2) is 5.82 Å². The third kappa shape index (κ3) is 2.25. The van der Waals surface area contributed by atoms with Crippen LogP contribution in [0.5, 0.6) is 0 Å². The van der Waals surface area contributed by atoms with Crippen LogP contribution in [0.1, 0.15) is 32.2 Å². The molecule has 0 saturated carbocycles. The summed E-state index contributed by atoms with van der Waals surface area (Å²) in [6.07, 6.45) is 2.19. The fourth-order valence-corrected chi connectivity index (χ4v) is 1.40. The summed E-state index contributed by atoms with van der Waals surface area (Å²) in [6.45, 7) is 4.18. The summed E-state index contributed by atoms with van der Waals surface area (Å²) in [4.78, 5) is 8.10. The van der Waals surface area contributed by atoms with Crippen molar-refractivity contribution in [1.82, 2.24) is 25.3 Å². The molecular weight excluding hydrogens is 208 g/mol. The van der Waals surface area contributed by atoms with Gasteiger partial charge in [0.25, 0.3) is 0 Å². The lowest BCUT2D eigenvalue weighted by atomic mass is 10.0. The number of aromatic amines is 1. The van der Waals surface area contributed by atoms with Crippen molar-refractivity contribution in [2.45, 2.75) is 26.3 Å². The fourth-order valence-electron chi connectivity index (χ4n) is 1.40. The minimum Gasteiger partial charge on any atom is -0.337 e. The van der Waals surface area contributed by atoms with E-state index in [0.29, 0.717) is 23.5 Å². The van der Waals surface area contributed by atoms with Crippen LogP contribution >= 0.6 is 0 Å². The summed E-state index contributed by atoms with van der Waals surface area (Å²) in [5, 5.41) is 10.2. The van der Waals surface area contributed by atoms with Crippen molar-refractivity contribution in [2.75, 3.05) is 0 Å². The molecule has 86 valence electrons. The quantitative estimate of drug-likeness (QED) is 0.795. The van der Waals surface area contributed by atoms with Gasteiger partial charge >= 0.3 is 0 Å². The van der Waals surface area contributed by atoms with E-state index >= 15 is 0 Å². The van der Waals surface area contributed by atoms with Gasteiger partial charge in [-0.1, -0.05) is 19.0 Å². The first-order valence-electron chi connectivity index (χ1n) is 5.11. The largest absolute Gasteiger partial charge is 0.337 e. The summed E-state index contributed by atoms with van der Waals surface area (Å²) in [6, 6.07) is -0.232. The molecule has 0 bridgehead atoms. The highest BCUT2D eigenvalue weighted by Crippen LogP contribution is 2.19. The lowest BCUT2D eigenvalue weighted by molar-refractivity contribution is 0.335. The standard InChI is InChI=1S/C9H14N6O/c1-5(2)3-6(10)9-13-8(15-16-9)7-11-4-12-14-7/h4-6H,3,10H2,1-2H3,(H,11,12,14)/t6-/m1/s1. The maximum absolute atomic E-state index is 5.92. The average Bonchev–Trinajstić information content (AvgIpc) is 2.87. The predicted molar refractivity (Wildman–Crippen MR) is 56.1 cm³/mol. The molecule has 0 unspecified atom stereocenters. The summed E-state index contributed by atoms with van der Waals surface area (Å²) < 4.78 is 5.08. The van der Waals surface area contributed by atoms with Gasteiger partial charge in [-0.05, 0) is 12.3 Å². The number of rotatable bonds is 4. The van der Waals surface area contributed by atoms with Crippen LogP contribution in [0, 0.1) is 5.92 Å². The Morgan fingerprint density at radius 2 is 2.31 bits per heavy atom. The lowest BCUT2D eigenvalue weighted by Gasteiger charge is -2.08. The zero-order chi connectivity index (χ0) is 11.5. The Kier molecular flexibility index (Phi) is 2.95. The van der Waals surface area contributed by atoms with Crippen molar-refractivity contribution < 1.29 is 4.52 Å². The zero-order valence-electron chi connectivity index (χ0n) is 9.21. The van der Waals surface area contributed by atoms with E-state index in [1.54, 1.807) is 0 Å². The molecule has 0 radical (unpaired) electrons. The van der Waals surface area contributed by atoms with Crippen molar-refractivity contribution in [2.24, 2.45) is 11.7 Å². The Labute approximate surface area is 92.5 Å². The molecule has 1 atom stereocenters. The van der Waals surface area contributed by atoms with Crippen LogP contribution in [0.2, 0.25) is 0 Å². The lowest BCUT2D eigenvalue weighted by Crippen LogP contribution is -2.13. The molecule has 7 heteroatoms. The number of nitrogens with two attached hydrogens (primary N) is 1. The van der Waals surface area contributed by atoms with E-state index in [2.05, 4.69) is 39.2 Å². The highest BCUT2D eigenvalue weighted by Gasteiger charge is 2.17. The Morgan fingerprint density at radius 1 is 1.50 bits per heavy atom. The zero-order valence-corrected chi connectivity index (χ0v) is 9.21. The number of aromatic nitrogens is 5. The van der Waals surface area contributed by atoms with E-state index in [-0.39, 0.29) is 6.04 Å². The fraction of sp³-hybridized carbons (Fsp3) is 0.556. The second kappa shape index (κ2) is 4.40. The van der Waals surface area contributed by atoms with E-state index in [0.717, 1.165) is 6.42 Å². The molecular formula is C9H14N6O. The van der Waals surface area contributed by atoms with Crippen LogP contribution in [-0.4, -0.2) is 25.3 Å². The normalized spacial score (nSPS) is 13.2. The highest BCUT2D eigenvalue weighted by molar-refractivity contribution is 5.39. The third-order valence-corrected chi connectivity index (χ3v) is 2.11. The molecule has 0 aromatic carbocycles. The summed E-state index contributed by atoms with van der Waals surface area (Å²) in [7, 11) is 0. The first-order valence-corrected chi connectivity index (χ1v) is 5.11. The summed E-state index contributed by atoms with van der Waals surface area (Å²) in [5.41, 5.74) is 5.92. The molecule has 16 heavy (non-hydrogen) atoms. The van der Waals surface area contributed by atoms with Crippen LogP contribution in [-0.2, 0) is 0 Å².